The van der Waals surface area contributed by atoms with E-state index >= 15 is 0 Å². The predicted molar refractivity (Wildman–Crippen MR) is 90.4 cm³/mol. The van der Waals surface area contributed by atoms with Gasteiger partial charge < -0.3 is 5.32 Å². The number of benzene rings is 1. The molecule has 0 aliphatic heterocycles. The Morgan fingerprint density at radius 3 is 2.50 bits per heavy atom. The molecule has 0 aromatic heterocycles. The summed E-state index contributed by atoms with van der Waals surface area (Å²) in [6.45, 7) is 2.27. The molecule has 1 fully saturated rings. The summed E-state index contributed by atoms with van der Waals surface area (Å²) in [5.74, 6) is 0.899. The first-order chi connectivity index (χ1) is 9.60. The minimum Gasteiger partial charge on any atom is -0.381 e. The Balaban J connectivity index is 1.98. The van der Waals surface area contributed by atoms with Gasteiger partial charge in [-0.1, -0.05) is 67.4 Å². The summed E-state index contributed by atoms with van der Waals surface area (Å²) in [7, 11) is 0. The van der Waals surface area contributed by atoms with Crippen molar-refractivity contribution in [3.63, 3.8) is 0 Å². The zero-order valence-corrected chi connectivity index (χ0v) is 14.2. The normalized spacial score (nSPS) is 23.4. The Bertz CT molecular complexity index is 448. The lowest BCUT2D eigenvalue weighted by Crippen LogP contribution is -2.18. The van der Waals surface area contributed by atoms with E-state index in [2.05, 4.69) is 12.2 Å². The van der Waals surface area contributed by atoms with Crippen LogP contribution < -0.4 is 5.32 Å². The molecule has 2 rings (SSSR count). The zero-order chi connectivity index (χ0) is 14.5. The van der Waals surface area contributed by atoms with Gasteiger partial charge in [0.05, 0.1) is 20.8 Å². The lowest BCUT2D eigenvalue weighted by Gasteiger charge is -2.19. The fourth-order valence-electron chi connectivity index (χ4n) is 3.07. The van der Waals surface area contributed by atoms with Crippen LogP contribution in [0.15, 0.2) is 12.1 Å². The molecular formula is C16H22Cl3N. The fraction of sp³-hybridized carbons (Fsp3) is 0.625. The van der Waals surface area contributed by atoms with Crippen LogP contribution in [0.4, 0.5) is 5.69 Å². The minimum absolute atomic E-state index is 0.492. The van der Waals surface area contributed by atoms with Crippen LogP contribution in [0.2, 0.25) is 15.1 Å². The predicted octanol–water partition coefficient (Wildman–Crippen LogP) is 6.81. The van der Waals surface area contributed by atoms with Crippen LogP contribution in [-0.4, -0.2) is 6.04 Å². The van der Waals surface area contributed by atoms with E-state index in [0.717, 1.165) is 11.6 Å². The van der Waals surface area contributed by atoms with E-state index in [1.54, 1.807) is 6.07 Å². The summed E-state index contributed by atoms with van der Waals surface area (Å²) < 4.78 is 0. The van der Waals surface area contributed by atoms with E-state index in [1.807, 2.05) is 6.07 Å². The van der Waals surface area contributed by atoms with Crippen molar-refractivity contribution in [1.29, 1.82) is 0 Å². The summed E-state index contributed by atoms with van der Waals surface area (Å²) in [5, 5.41) is 5.25. The Morgan fingerprint density at radius 1 is 1.00 bits per heavy atom. The number of nitrogens with one attached hydrogen (secondary N) is 1. The second kappa shape index (κ2) is 7.77. The maximum Gasteiger partial charge on any atom is 0.0653 e. The molecule has 2 atom stereocenters. The van der Waals surface area contributed by atoms with Gasteiger partial charge in [-0.15, -0.1) is 0 Å². The van der Waals surface area contributed by atoms with Crippen molar-refractivity contribution in [2.75, 3.05) is 5.32 Å². The smallest absolute Gasteiger partial charge is 0.0653 e. The van der Waals surface area contributed by atoms with Crippen molar-refractivity contribution in [2.45, 2.75) is 57.9 Å². The van der Waals surface area contributed by atoms with Crippen LogP contribution in [0.1, 0.15) is 51.9 Å². The molecule has 20 heavy (non-hydrogen) atoms. The van der Waals surface area contributed by atoms with E-state index in [-0.39, 0.29) is 0 Å². The molecule has 0 heterocycles. The molecule has 4 heteroatoms. The van der Waals surface area contributed by atoms with Gasteiger partial charge in [0.1, 0.15) is 0 Å². The molecular weight excluding hydrogens is 313 g/mol. The van der Waals surface area contributed by atoms with E-state index in [1.165, 1.54) is 44.9 Å². The monoisotopic (exact) mass is 333 g/mol. The van der Waals surface area contributed by atoms with Crippen LogP contribution in [0.5, 0.6) is 0 Å². The van der Waals surface area contributed by atoms with Crippen molar-refractivity contribution in [3.8, 4) is 0 Å². The van der Waals surface area contributed by atoms with E-state index in [4.69, 9.17) is 34.8 Å². The molecule has 1 nitrogen and oxygen atoms in total. The molecule has 0 bridgehead atoms. The summed E-state index contributed by atoms with van der Waals surface area (Å²) >= 11 is 18.3. The molecule has 2 unspecified atom stereocenters. The summed E-state index contributed by atoms with van der Waals surface area (Å²) in [6.07, 6.45) is 9.03. The summed E-state index contributed by atoms with van der Waals surface area (Å²) in [5.41, 5.74) is 0.903. The highest BCUT2D eigenvalue weighted by atomic mass is 35.5. The first kappa shape index (κ1) is 16.3. The van der Waals surface area contributed by atoms with E-state index in [0.29, 0.717) is 21.1 Å². The number of rotatable bonds is 4. The number of halogens is 3. The van der Waals surface area contributed by atoms with E-state index in [9.17, 15) is 0 Å². The third-order valence-corrected chi connectivity index (χ3v) is 5.19. The average Bonchev–Trinajstić information content (AvgIpc) is 2.62. The highest BCUT2D eigenvalue weighted by Gasteiger charge is 2.19. The number of hydrogen-bond donors (Lipinski definition) is 1. The van der Waals surface area contributed by atoms with Crippen molar-refractivity contribution in [2.24, 2.45) is 5.92 Å². The molecule has 0 radical (unpaired) electrons. The standard InChI is InChI=1S/C16H22Cl3N/c1-2-4-11-5-3-6-12(8-7-11)20-16-10-14(18)13(17)9-15(16)19/h9-12,20H,2-8H2,1H3. The molecule has 1 aromatic carbocycles. The van der Waals surface area contributed by atoms with Crippen LogP contribution in [0.25, 0.3) is 0 Å². The fourth-order valence-corrected chi connectivity index (χ4v) is 3.67. The third-order valence-electron chi connectivity index (χ3n) is 4.15. The minimum atomic E-state index is 0.492. The SMILES string of the molecule is CCCC1CCCC(Nc2cc(Cl)c(Cl)cc2Cl)CC1. The molecule has 0 saturated heterocycles. The van der Waals surface area contributed by atoms with Gasteiger partial charge in [0, 0.05) is 6.04 Å². The molecule has 0 spiro atoms. The molecule has 1 aromatic rings. The molecule has 1 N–H and O–H groups in total. The van der Waals surface area contributed by atoms with Crippen LogP contribution in [-0.2, 0) is 0 Å². The Hall–Kier alpha value is -0.110. The highest BCUT2D eigenvalue weighted by Crippen LogP contribution is 2.34. The van der Waals surface area contributed by atoms with Gasteiger partial charge in [-0.3, -0.25) is 0 Å². The topological polar surface area (TPSA) is 12.0 Å². The number of hydrogen-bond acceptors (Lipinski definition) is 1. The van der Waals surface area contributed by atoms with Gasteiger partial charge in [-0.25, -0.2) is 0 Å². The molecule has 1 aliphatic rings. The lowest BCUT2D eigenvalue weighted by molar-refractivity contribution is 0.422. The van der Waals surface area contributed by atoms with Gasteiger partial charge in [-0.2, -0.15) is 0 Å². The summed E-state index contributed by atoms with van der Waals surface area (Å²) in [4.78, 5) is 0. The quantitative estimate of drug-likeness (QED) is 0.471. The van der Waals surface area contributed by atoms with Gasteiger partial charge in [0.15, 0.2) is 0 Å². The van der Waals surface area contributed by atoms with Gasteiger partial charge >= 0.3 is 0 Å². The first-order valence-corrected chi connectivity index (χ1v) is 8.64. The van der Waals surface area contributed by atoms with Crippen molar-refractivity contribution >= 4 is 40.5 Å². The van der Waals surface area contributed by atoms with Crippen molar-refractivity contribution in [1.82, 2.24) is 0 Å². The van der Waals surface area contributed by atoms with Crippen LogP contribution in [0.3, 0.4) is 0 Å². The highest BCUT2D eigenvalue weighted by molar-refractivity contribution is 6.44. The third kappa shape index (κ3) is 4.44. The molecule has 1 saturated carbocycles. The second-order valence-electron chi connectivity index (χ2n) is 5.75. The van der Waals surface area contributed by atoms with Gasteiger partial charge in [0.2, 0.25) is 0 Å². The van der Waals surface area contributed by atoms with Gasteiger partial charge in [-0.05, 0) is 37.3 Å². The van der Waals surface area contributed by atoms with Gasteiger partial charge in [0.25, 0.3) is 0 Å². The maximum absolute atomic E-state index is 6.23. The number of anilines is 1. The Labute approximate surface area is 137 Å². The zero-order valence-electron chi connectivity index (χ0n) is 11.9. The Kier molecular flexibility index (Phi) is 6.32. The molecule has 1 aliphatic carbocycles. The first-order valence-electron chi connectivity index (χ1n) is 7.51. The lowest BCUT2D eigenvalue weighted by atomic mass is 9.95. The van der Waals surface area contributed by atoms with Crippen LogP contribution >= 0.6 is 34.8 Å². The second-order valence-corrected chi connectivity index (χ2v) is 6.97. The largest absolute Gasteiger partial charge is 0.381 e. The summed E-state index contributed by atoms with van der Waals surface area (Å²) in [6, 6.07) is 4.04. The average molecular weight is 335 g/mol. The van der Waals surface area contributed by atoms with Crippen molar-refractivity contribution < 1.29 is 0 Å². The Morgan fingerprint density at radius 2 is 1.75 bits per heavy atom. The van der Waals surface area contributed by atoms with Crippen molar-refractivity contribution in [3.05, 3.63) is 27.2 Å². The van der Waals surface area contributed by atoms with Crippen LogP contribution in [0, 0.1) is 5.92 Å². The van der Waals surface area contributed by atoms with E-state index < -0.39 is 0 Å². The maximum atomic E-state index is 6.23. The molecule has 0 amide bonds. The molecule has 112 valence electrons.